The second-order valence-corrected chi connectivity index (χ2v) is 7.01. The van der Waals surface area contributed by atoms with Gasteiger partial charge in [-0.3, -0.25) is 4.55 Å². The Bertz CT molecular complexity index is 496. The zero-order chi connectivity index (χ0) is 15.7. The van der Waals surface area contributed by atoms with Crippen molar-refractivity contribution < 1.29 is 13.0 Å². The van der Waals surface area contributed by atoms with Gasteiger partial charge in [0.1, 0.15) is 0 Å². The fourth-order valence-electron chi connectivity index (χ4n) is 2.24. The number of hydrogen-bond acceptors (Lipinski definition) is 3. The van der Waals surface area contributed by atoms with Gasteiger partial charge in [0.2, 0.25) is 0 Å². The van der Waals surface area contributed by atoms with Crippen molar-refractivity contribution in [3.05, 3.63) is 35.9 Å². The third kappa shape index (κ3) is 6.44. The molecule has 21 heavy (non-hydrogen) atoms. The molecule has 3 N–H and O–H groups in total. The van der Waals surface area contributed by atoms with Crippen molar-refractivity contribution in [1.82, 2.24) is 4.31 Å². The summed E-state index contributed by atoms with van der Waals surface area (Å²) in [5.41, 5.74) is 6.52. The quantitative estimate of drug-likeness (QED) is 0.372. The number of benzene rings is 1. The summed E-state index contributed by atoms with van der Waals surface area (Å²) in [5.74, 6) is 0. The lowest BCUT2D eigenvalue weighted by Crippen LogP contribution is -2.38. The molecule has 1 atom stereocenters. The van der Waals surface area contributed by atoms with Gasteiger partial charge in [-0.15, -0.1) is 0 Å². The molecule has 0 heterocycles. The van der Waals surface area contributed by atoms with Crippen LogP contribution in [0.15, 0.2) is 30.3 Å². The van der Waals surface area contributed by atoms with Crippen LogP contribution in [0.3, 0.4) is 0 Å². The summed E-state index contributed by atoms with van der Waals surface area (Å²) in [7, 11) is -4.27. The molecule has 0 fully saturated rings. The van der Waals surface area contributed by atoms with Crippen molar-refractivity contribution in [2.45, 2.75) is 31.7 Å². The topological polar surface area (TPSA) is 83.6 Å². The van der Waals surface area contributed by atoms with Crippen LogP contribution in [-0.2, 0) is 10.3 Å². The van der Waals surface area contributed by atoms with Crippen molar-refractivity contribution in [1.29, 1.82) is 0 Å². The second-order valence-electron chi connectivity index (χ2n) is 4.85. The molecule has 0 aliphatic heterocycles. The molecule has 0 radical (unpaired) electrons. The van der Waals surface area contributed by atoms with Crippen LogP contribution in [0.1, 0.15) is 37.3 Å². The van der Waals surface area contributed by atoms with Gasteiger partial charge < -0.3 is 5.73 Å². The third-order valence-corrected chi connectivity index (χ3v) is 4.90. The molecule has 0 spiro atoms. The fraction of sp³-hybridized carbons (Fsp3) is 0.571. The fourth-order valence-corrected chi connectivity index (χ4v) is 3.53. The monoisotopic (exact) mass is 378 g/mol. The van der Waals surface area contributed by atoms with Gasteiger partial charge in [0, 0.05) is 18.4 Å². The lowest BCUT2D eigenvalue weighted by atomic mass is 10.1. The molecule has 0 aromatic heterocycles. The SMILES string of the molecule is NCC(c1ccccc1)N(CCCCCCBr)S(=O)(=O)O. The number of rotatable bonds is 10. The molecule has 5 nitrogen and oxygen atoms in total. The summed E-state index contributed by atoms with van der Waals surface area (Å²) in [5, 5.41) is 0.949. The van der Waals surface area contributed by atoms with E-state index in [2.05, 4.69) is 15.9 Å². The Morgan fingerprint density at radius 1 is 1.14 bits per heavy atom. The molecule has 1 rings (SSSR count). The largest absolute Gasteiger partial charge is 0.336 e. The minimum absolute atomic E-state index is 0.130. The van der Waals surface area contributed by atoms with E-state index >= 15 is 0 Å². The van der Waals surface area contributed by atoms with E-state index in [0.717, 1.165) is 34.5 Å². The van der Waals surface area contributed by atoms with E-state index in [0.29, 0.717) is 6.42 Å². The van der Waals surface area contributed by atoms with Crippen LogP contribution in [0.25, 0.3) is 0 Å². The highest BCUT2D eigenvalue weighted by molar-refractivity contribution is 9.09. The number of nitrogens with two attached hydrogens (primary N) is 1. The van der Waals surface area contributed by atoms with Gasteiger partial charge in [0.25, 0.3) is 0 Å². The first-order valence-corrected chi connectivity index (χ1v) is 9.57. The van der Waals surface area contributed by atoms with Gasteiger partial charge in [-0.1, -0.05) is 59.1 Å². The van der Waals surface area contributed by atoms with Crippen LogP contribution >= 0.6 is 15.9 Å². The Morgan fingerprint density at radius 3 is 2.29 bits per heavy atom. The summed E-state index contributed by atoms with van der Waals surface area (Å²) in [6.07, 6.45) is 3.72. The molecule has 1 unspecified atom stereocenters. The molecule has 0 aliphatic carbocycles. The highest BCUT2D eigenvalue weighted by Crippen LogP contribution is 2.23. The summed E-state index contributed by atoms with van der Waals surface area (Å²) in [6, 6.07) is 8.63. The van der Waals surface area contributed by atoms with Crippen LogP contribution in [0, 0.1) is 0 Å². The smallest absolute Gasteiger partial charge is 0.329 e. The maximum Gasteiger partial charge on any atom is 0.336 e. The molecule has 7 heteroatoms. The second kappa shape index (κ2) is 9.53. The molecule has 1 aromatic rings. The van der Waals surface area contributed by atoms with E-state index in [1.807, 2.05) is 30.3 Å². The minimum atomic E-state index is -4.27. The zero-order valence-electron chi connectivity index (χ0n) is 12.0. The number of halogens is 1. The van der Waals surface area contributed by atoms with Gasteiger partial charge >= 0.3 is 10.3 Å². The van der Waals surface area contributed by atoms with E-state index in [1.54, 1.807) is 0 Å². The summed E-state index contributed by atoms with van der Waals surface area (Å²) in [4.78, 5) is 0. The standard InChI is InChI=1S/C14H23BrN2O3S/c15-10-6-1-2-7-11-17(21(18,19)20)14(12-16)13-8-4-3-5-9-13/h3-5,8-9,14H,1-2,6-7,10-12,16H2,(H,18,19,20). The molecule has 0 saturated heterocycles. The van der Waals surface area contributed by atoms with E-state index < -0.39 is 16.3 Å². The first-order valence-electron chi connectivity index (χ1n) is 7.06. The van der Waals surface area contributed by atoms with E-state index in [9.17, 15) is 13.0 Å². The lowest BCUT2D eigenvalue weighted by Gasteiger charge is -2.27. The number of alkyl halides is 1. The first kappa shape index (κ1) is 18.6. The average Bonchev–Trinajstić information content (AvgIpc) is 2.46. The van der Waals surface area contributed by atoms with Crippen LogP contribution < -0.4 is 5.73 Å². The van der Waals surface area contributed by atoms with Crippen LogP contribution in [-0.4, -0.2) is 35.7 Å². The summed E-state index contributed by atoms with van der Waals surface area (Å²) in [6.45, 7) is 0.406. The number of unbranched alkanes of at least 4 members (excludes halogenated alkanes) is 3. The average molecular weight is 379 g/mol. The Balaban J connectivity index is 2.76. The summed E-state index contributed by atoms with van der Waals surface area (Å²) >= 11 is 3.36. The van der Waals surface area contributed by atoms with Crippen molar-refractivity contribution in [3.63, 3.8) is 0 Å². The van der Waals surface area contributed by atoms with Crippen LogP contribution in [0.4, 0.5) is 0 Å². The van der Waals surface area contributed by atoms with E-state index in [1.165, 1.54) is 0 Å². The molecule has 0 aliphatic rings. The Morgan fingerprint density at radius 2 is 1.76 bits per heavy atom. The Kier molecular flexibility index (Phi) is 8.43. The predicted molar refractivity (Wildman–Crippen MR) is 88.8 cm³/mol. The van der Waals surface area contributed by atoms with Gasteiger partial charge in [-0.25, -0.2) is 0 Å². The molecule has 0 bridgehead atoms. The molecular formula is C14H23BrN2O3S. The predicted octanol–water partition coefficient (Wildman–Crippen LogP) is 2.75. The van der Waals surface area contributed by atoms with Gasteiger partial charge in [-0.2, -0.15) is 12.7 Å². The van der Waals surface area contributed by atoms with Gasteiger partial charge in [-0.05, 0) is 18.4 Å². The zero-order valence-corrected chi connectivity index (χ0v) is 14.4. The maximum absolute atomic E-state index is 11.6. The first-order chi connectivity index (χ1) is 10.0. The lowest BCUT2D eigenvalue weighted by molar-refractivity contribution is 0.285. The van der Waals surface area contributed by atoms with Gasteiger partial charge in [0.15, 0.2) is 0 Å². The van der Waals surface area contributed by atoms with E-state index in [4.69, 9.17) is 5.73 Å². The number of hydrogen-bond donors (Lipinski definition) is 2. The van der Waals surface area contributed by atoms with Crippen molar-refractivity contribution in [2.75, 3.05) is 18.4 Å². The minimum Gasteiger partial charge on any atom is -0.329 e. The number of nitrogens with zero attached hydrogens (tertiary/aromatic N) is 1. The Labute approximate surface area is 135 Å². The molecule has 0 saturated carbocycles. The maximum atomic E-state index is 11.6. The van der Waals surface area contributed by atoms with Crippen LogP contribution in [0.2, 0.25) is 0 Å². The van der Waals surface area contributed by atoms with E-state index in [-0.39, 0.29) is 13.1 Å². The summed E-state index contributed by atoms with van der Waals surface area (Å²) < 4.78 is 33.9. The third-order valence-electron chi connectivity index (χ3n) is 3.31. The highest BCUT2D eigenvalue weighted by atomic mass is 79.9. The molecular weight excluding hydrogens is 356 g/mol. The molecule has 120 valence electrons. The van der Waals surface area contributed by atoms with Crippen molar-refractivity contribution in [3.8, 4) is 0 Å². The van der Waals surface area contributed by atoms with Crippen molar-refractivity contribution in [2.24, 2.45) is 5.73 Å². The highest BCUT2D eigenvalue weighted by Gasteiger charge is 2.28. The van der Waals surface area contributed by atoms with Crippen LogP contribution in [0.5, 0.6) is 0 Å². The molecule has 0 amide bonds. The normalized spacial score (nSPS) is 13.5. The van der Waals surface area contributed by atoms with Crippen molar-refractivity contribution >= 4 is 26.2 Å². The molecule has 1 aromatic carbocycles. The van der Waals surface area contributed by atoms with Gasteiger partial charge in [0.05, 0.1) is 6.04 Å². The Hall–Kier alpha value is -0.470.